The third-order valence-corrected chi connectivity index (χ3v) is 3.69. The molecule has 0 radical (unpaired) electrons. The second-order valence-electron chi connectivity index (χ2n) is 5.00. The van der Waals surface area contributed by atoms with Gasteiger partial charge in [-0.05, 0) is 38.2 Å². The molecule has 1 aromatic rings. The number of likely N-dealkylation sites (N-methyl/N-ethyl adjacent to an activating group) is 2. The Balaban J connectivity index is 2.29. The summed E-state index contributed by atoms with van der Waals surface area (Å²) in [5.41, 5.74) is 0.884. The van der Waals surface area contributed by atoms with Crippen molar-refractivity contribution in [2.24, 2.45) is 0 Å². The number of rotatable bonds is 3. The Morgan fingerprint density at radius 2 is 2.00 bits per heavy atom. The Morgan fingerprint density at radius 3 is 2.58 bits per heavy atom. The third-order valence-electron chi connectivity index (χ3n) is 3.69. The van der Waals surface area contributed by atoms with E-state index in [0.717, 1.165) is 12.2 Å². The molecular weight excluding hydrogens is 245 g/mol. The monoisotopic (exact) mass is 265 g/mol. The van der Waals surface area contributed by atoms with Crippen LogP contribution in [-0.2, 0) is 4.79 Å². The molecule has 1 N–H and O–H groups in total. The predicted molar refractivity (Wildman–Crippen MR) is 73.7 cm³/mol. The van der Waals surface area contributed by atoms with Crippen LogP contribution in [0.3, 0.4) is 0 Å². The molecule has 0 spiro atoms. The topological polar surface area (TPSA) is 35.6 Å². The molecule has 1 saturated heterocycles. The lowest BCUT2D eigenvalue weighted by Crippen LogP contribution is -2.62. The van der Waals surface area contributed by atoms with Crippen LogP contribution < -0.4 is 10.2 Å². The highest BCUT2D eigenvalue weighted by molar-refractivity contribution is 5.87. The van der Waals surface area contributed by atoms with Crippen molar-refractivity contribution in [3.8, 4) is 0 Å². The van der Waals surface area contributed by atoms with Gasteiger partial charge in [0.05, 0.1) is 0 Å². The molecule has 19 heavy (non-hydrogen) atoms. The van der Waals surface area contributed by atoms with Crippen LogP contribution in [0.1, 0.15) is 6.92 Å². The minimum atomic E-state index is -0.262. The van der Waals surface area contributed by atoms with Gasteiger partial charge in [-0.2, -0.15) is 0 Å². The average molecular weight is 265 g/mol. The lowest BCUT2D eigenvalue weighted by Gasteiger charge is -2.44. The maximum Gasteiger partial charge on any atom is 0.246 e. The molecule has 0 bridgehead atoms. The van der Waals surface area contributed by atoms with Crippen LogP contribution in [0.4, 0.5) is 10.1 Å². The van der Waals surface area contributed by atoms with E-state index in [9.17, 15) is 9.18 Å². The van der Waals surface area contributed by atoms with Crippen molar-refractivity contribution < 1.29 is 9.18 Å². The van der Waals surface area contributed by atoms with E-state index in [-0.39, 0.29) is 23.8 Å². The van der Waals surface area contributed by atoms with E-state index in [0.29, 0.717) is 6.54 Å². The van der Waals surface area contributed by atoms with E-state index in [1.54, 1.807) is 17.0 Å². The minimum Gasteiger partial charge on any atom is -0.356 e. The molecule has 0 saturated carbocycles. The molecular formula is C14H20FN3O. The first-order valence-corrected chi connectivity index (χ1v) is 6.48. The van der Waals surface area contributed by atoms with E-state index < -0.39 is 0 Å². The standard InChI is InChI=1S/C14H20FN3O/c1-10-9-18(12-6-4-11(15)5-7-12)13(8-16-2)14(19)17(10)3/h4-7,10,13,16H,8-9H2,1-3H3. The van der Waals surface area contributed by atoms with E-state index in [4.69, 9.17) is 0 Å². The molecule has 2 rings (SSSR count). The first-order chi connectivity index (χ1) is 9.04. The normalized spacial score (nSPS) is 23.9. The number of carbonyl (C=O) groups is 1. The van der Waals surface area contributed by atoms with Crippen LogP contribution in [0.25, 0.3) is 0 Å². The molecule has 4 nitrogen and oxygen atoms in total. The molecule has 2 unspecified atom stereocenters. The highest BCUT2D eigenvalue weighted by Crippen LogP contribution is 2.23. The van der Waals surface area contributed by atoms with Crippen molar-refractivity contribution in [1.82, 2.24) is 10.2 Å². The summed E-state index contributed by atoms with van der Waals surface area (Å²) in [6, 6.07) is 6.22. The van der Waals surface area contributed by atoms with Crippen molar-refractivity contribution in [2.75, 3.05) is 32.1 Å². The van der Waals surface area contributed by atoms with Crippen LogP contribution in [0.5, 0.6) is 0 Å². The Hall–Kier alpha value is -1.62. The van der Waals surface area contributed by atoms with Crippen molar-refractivity contribution in [3.63, 3.8) is 0 Å². The summed E-state index contributed by atoms with van der Waals surface area (Å²) < 4.78 is 13.0. The fraction of sp³-hybridized carbons (Fsp3) is 0.500. The van der Waals surface area contributed by atoms with Crippen molar-refractivity contribution in [3.05, 3.63) is 30.1 Å². The SMILES string of the molecule is CNCC1C(=O)N(C)C(C)CN1c1ccc(F)cc1. The van der Waals surface area contributed by atoms with Gasteiger partial charge < -0.3 is 15.1 Å². The number of amides is 1. The first-order valence-electron chi connectivity index (χ1n) is 6.48. The molecule has 104 valence electrons. The Bertz CT molecular complexity index is 449. The Labute approximate surface area is 113 Å². The van der Waals surface area contributed by atoms with E-state index >= 15 is 0 Å². The molecule has 1 fully saturated rings. The molecule has 0 aliphatic carbocycles. The second kappa shape index (κ2) is 5.57. The first kappa shape index (κ1) is 13.8. The fourth-order valence-corrected chi connectivity index (χ4v) is 2.43. The summed E-state index contributed by atoms with van der Waals surface area (Å²) in [4.78, 5) is 16.2. The molecule has 1 aliphatic heterocycles. The zero-order valence-corrected chi connectivity index (χ0v) is 11.6. The number of nitrogens with zero attached hydrogens (tertiary/aromatic N) is 2. The summed E-state index contributed by atoms with van der Waals surface area (Å²) in [6.45, 7) is 3.34. The van der Waals surface area contributed by atoms with Crippen LogP contribution in [0.15, 0.2) is 24.3 Å². The smallest absolute Gasteiger partial charge is 0.246 e. The molecule has 1 heterocycles. The third kappa shape index (κ3) is 2.71. The maximum absolute atomic E-state index is 13.0. The van der Waals surface area contributed by atoms with Crippen LogP contribution in [0.2, 0.25) is 0 Å². The summed E-state index contributed by atoms with van der Waals surface area (Å²) in [7, 11) is 3.66. The van der Waals surface area contributed by atoms with Crippen LogP contribution in [-0.4, -0.2) is 50.1 Å². The van der Waals surface area contributed by atoms with Gasteiger partial charge in [0, 0.05) is 31.9 Å². The van der Waals surface area contributed by atoms with Gasteiger partial charge >= 0.3 is 0 Å². The number of carbonyl (C=O) groups excluding carboxylic acids is 1. The zero-order chi connectivity index (χ0) is 14.0. The second-order valence-corrected chi connectivity index (χ2v) is 5.00. The Morgan fingerprint density at radius 1 is 1.37 bits per heavy atom. The van der Waals surface area contributed by atoms with Gasteiger partial charge in [0.1, 0.15) is 11.9 Å². The summed E-state index contributed by atoms with van der Waals surface area (Å²) in [6.07, 6.45) is 0. The molecule has 5 heteroatoms. The number of piperazine rings is 1. The number of hydrogen-bond acceptors (Lipinski definition) is 3. The van der Waals surface area contributed by atoms with Gasteiger partial charge in [0.15, 0.2) is 0 Å². The van der Waals surface area contributed by atoms with E-state index in [1.807, 2.05) is 25.9 Å². The van der Waals surface area contributed by atoms with Crippen molar-refractivity contribution in [1.29, 1.82) is 0 Å². The van der Waals surface area contributed by atoms with Crippen molar-refractivity contribution in [2.45, 2.75) is 19.0 Å². The quantitative estimate of drug-likeness (QED) is 0.888. The summed E-state index contributed by atoms with van der Waals surface area (Å²) in [5.74, 6) is -0.167. The predicted octanol–water partition coefficient (Wildman–Crippen LogP) is 1.08. The maximum atomic E-state index is 13.0. The highest BCUT2D eigenvalue weighted by Gasteiger charge is 2.36. The molecule has 1 aliphatic rings. The number of benzene rings is 1. The average Bonchev–Trinajstić information content (AvgIpc) is 2.40. The van der Waals surface area contributed by atoms with Gasteiger partial charge in [-0.15, -0.1) is 0 Å². The fourth-order valence-electron chi connectivity index (χ4n) is 2.43. The lowest BCUT2D eigenvalue weighted by atomic mass is 10.1. The molecule has 1 aromatic carbocycles. The molecule has 1 amide bonds. The van der Waals surface area contributed by atoms with Gasteiger partial charge in [0.2, 0.25) is 5.91 Å². The summed E-state index contributed by atoms with van der Waals surface area (Å²) >= 11 is 0. The lowest BCUT2D eigenvalue weighted by molar-refractivity contribution is -0.134. The number of halogens is 1. The Kier molecular flexibility index (Phi) is 4.04. The zero-order valence-electron chi connectivity index (χ0n) is 11.6. The number of hydrogen-bond donors (Lipinski definition) is 1. The van der Waals surface area contributed by atoms with E-state index in [1.165, 1.54) is 12.1 Å². The van der Waals surface area contributed by atoms with Crippen molar-refractivity contribution >= 4 is 11.6 Å². The minimum absolute atomic E-state index is 0.0948. The van der Waals surface area contributed by atoms with Gasteiger partial charge in [-0.1, -0.05) is 0 Å². The van der Waals surface area contributed by atoms with Gasteiger partial charge in [0.25, 0.3) is 0 Å². The van der Waals surface area contributed by atoms with Crippen LogP contribution >= 0.6 is 0 Å². The number of nitrogens with one attached hydrogen (secondary N) is 1. The van der Waals surface area contributed by atoms with E-state index in [2.05, 4.69) is 5.32 Å². The largest absolute Gasteiger partial charge is 0.356 e. The van der Waals surface area contributed by atoms with Gasteiger partial charge in [-0.25, -0.2) is 4.39 Å². The van der Waals surface area contributed by atoms with Crippen LogP contribution in [0, 0.1) is 5.82 Å². The molecule has 2 atom stereocenters. The molecule has 0 aromatic heterocycles. The highest BCUT2D eigenvalue weighted by atomic mass is 19.1. The van der Waals surface area contributed by atoms with Gasteiger partial charge in [-0.3, -0.25) is 4.79 Å². The summed E-state index contributed by atoms with van der Waals surface area (Å²) in [5, 5.41) is 3.05. The number of anilines is 1.